The first kappa shape index (κ1) is 23.9. The Morgan fingerprint density at radius 3 is 2.34 bits per heavy atom. The average molecular weight is 462 g/mol. The van der Waals surface area contributed by atoms with E-state index < -0.39 is 27.8 Å². The third kappa shape index (κ3) is 5.72. The molecular weight excluding hydrogens is 433 g/mol. The van der Waals surface area contributed by atoms with E-state index in [9.17, 15) is 22.4 Å². The molecule has 0 spiro atoms. The zero-order valence-electron chi connectivity index (χ0n) is 18.1. The van der Waals surface area contributed by atoms with Crippen molar-refractivity contribution in [3.63, 3.8) is 0 Å². The molecule has 1 aliphatic rings. The molecule has 0 bridgehead atoms. The predicted octanol–water partition coefficient (Wildman–Crippen LogP) is 3.01. The van der Waals surface area contributed by atoms with Gasteiger partial charge in [0.05, 0.1) is 10.8 Å². The van der Waals surface area contributed by atoms with Gasteiger partial charge >= 0.3 is 0 Å². The van der Waals surface area contributed by atoms with E-state index in [2.05, 4.69) is 10.6 Å². The summed E-state index contributed by atoms with van der Waals surface area (Å²) in [6.45, 7) is 3.96. The SMILES string of the molecule is CC(C)[C@H](NC(=O)[C@@H]1CCCN(S(=O)(=O)c2ccc(F)cc2)C1)C(=O)Nc1ccccc1. The number of halogens is 1. The van der Waals surface area contributed by atoms with Crippen LogP contribution in [0.3, 0.4) is 0 Å². The third-order valence-electron chi connectivity index (χ3n) is 5.49. The monoisotopic (exact) mass is 461 g/mol. The molecule has 1 fully saturated rings. The van der Waals surface area contributed by atoms with Gasteiger partial charge in [0.2, 0.25) is 21.8 Å². The topological polar surface area (TPSA) is 95.6 Å². The van der Waals surface area contributed by atoms with Crippen molar-refractivity contribution in [1.29, 1.82) is 0 Å². The van der Waals surface area contributed by atoms with E-state index in [4.69, 9.17) is 0 Å². The maximum Gasteiger partial charge on any atom is 0.247 e. The minimum atomic E-state index is -3.84. The summed E-state index contributed by atoms with van der Waals surface area (Å²) in [4.78, 5) is 25.7. The van der Waals surface area contributed by atoms with Gasteiger partial charge in [0.1, 0.15) is 11.9 Å². The lowest BCUT2D eigenvalue weighted by Crippen LogP contribution is -2.52. The van der Waals surface area contributed by atoms with E-state index in [0.29, 0.717) is 18.5 Å². The molecule has 2 atom stereocenters. The Bertz CT molecular complexity index is 1040. The Kier molecular flexibility index (Phi) is 7.63. The van der Waals surface area contributed by atoms with Crippen LogP contribution in [0.5, 0.6) is 0 Å². The number of nitrogens with one attached hydrogen (secondary N) is 2. The zero-order valence-corrected chi connectivity index (χ0v) is 18.9. The number of piperidine rings is 1. The predicted molar refractivity (Wildman–Crippen MR) is 120 cm³/mol. The van der Waals surface area contributed by atoms with Crippen molar-refractivity contribution < 1.29 is 22.4 Å². The summed E-state index contributed by atoms with van der Waals surface area (Å²) >= 11 is 0. The molecular formula is C23H28FN3O4S. The maximum absolute atomic E-state index is 13.2. The van der Waals surface area contributed by atoms with Crippen LogP contribution in [-0.2, 0) is 19.6 Å². The summed E-state index contributed by atoms with van der Waals surface area (Å²) in [5.74, 6) is -1.94. The number of hydrogen-bond acceptors (Lipinski definition) is 4. The smallest absolute Gasteiger partial charge is 0.247 e. The lowest BCUT2D eigenvalue weighted by Gasteiger charge is -2.32. The molecule has 32 heavy (non-hydrogen) atoms. The summed E-state index contributed by atoms with van der Waals surface area (Å²) in [7, 11) is -3.84. The second-order valence-electron chi connectivity index (χ2n) is 8.24. The Labute approximate surface area is 188 Å². The molecule has 2 N–H and O–H groups in total. The van der Waals surface area contributed by atoms with Crippen molar-refractivity contribution in [3.8, 4) is 0 Å². The van der Waals surface area contributed by atoms with Crippen LogP contribution in [0.2, 0.25) is 0 Å². The van der Waals surface area contributed by atoms with Crippen LogP contribution in [0.25, 0.3) is 0 Å². The molecule has 0 aromatic heterocycles. The molecule has 2 aromatic rings. The zero-order chi connectivity index (χ0) is 23.3. The molecule has 0 unspecified atom stereocenters. The van der Waals surface area contributed by atoms with Crippen molar-refractivity contribution in [3.05, 3.63) is 60.4 Å². The molecule has 1 saturated heterocycles. The fourth-order valence-corrected chi connectivity index (χ4v) is 5.20. The highest BCUT2D eigenvalue weighted by molar-refractivity contribution is 7.89. The molecule has 0 saturated carbocycles. The normalized spacial score (nSPS) is 18.2. The summed E-state index contributed by atoms with van der Waals surface area (Å²) in [6, 6.07) is 12.8. The number of sulfonamides is 1. The number of carbonyl (C=O) groups is 2. The number of hydrogen-bond donors (Lipinski definition) is 2. The Morgan fingerprint density at radius 1 is 1.06 bits per heavy atom. The number of anilines is 1. The molecule has 172 valence electrons. The molecule has 3 rings (SSSR count). The van der Waals surface area contributed by atoms with Crippen LogP contribution in [0.15, 0.2) is 59.5 Å². The van der Waals surface area contributed by atoms with Crippen LogP contribution >= 0.6 is 0 Å². The van der Waals surface area contributed by atoms with Gasteiger partial charge in [0.25, 0.3) is 0 Å². The largest absolute Gasteiger partial charge is 0.344 e. The highest BCUT2D eigenvalue weighted by Gasteiger charge is 2.35. The summed E-state index contributed by atoms with van der Waals surface area (Å²) in [5.41, 5.74) is 0.631. The van der Waals surface area contributed by atoms with Crippen molar-refractivity contribution in [1.82, 2.24) is 9.62 Å². The Balaban J connectivity index is 1.68. The molecule has 1 aliphatic heterocycles. The Hall–Kier alpha value is -2.78. The number of para-hydroxylation sites is 1. The van der Waals surface area contributed by atoms with E-state index in [-0.39, 0.29) is 35.7 Å². The van der Waals surface area contributed by atoms with Gasteiger partial charge in [-0.1, -0.05) is 32.0 Å². The number of benzene rings is 2. The van der Waals surface area contributed by atoms with Crippen LogP contribution in [0.4, 0.5) is 10.1 Å². The fraction of sp³-hybridized carbons (Fsp3) is 0.391. The average Bonchev–Trinajstić information content (AvgIpc) is 2.78. The van der Waals surface area contributed by atoms with Crippen molar-refractivity contribution >= 4 is 27.5 Å². The number of carbonyl (C=O) groups excluding carboxylic acids is 2. The van der Waals surface area contributed by atoms with Gasteiger partial charge in [0, 0.05) is 18.8 Å². The molecule has 2 aromatic carbocycles. The first-order chi connectivity index (χ1) is 15.2. The molecule has 1 heterocycles. The number of nitrogens with zero attached hydrogens (tertiary/aromatic N) is 1. The fourth-order valence-electron chi connectivity index (χ4n) is 3.68. The second kappa shape index (κ2) is 10.2. The molecule has 9 heteroatoms. The van der Waals surface area contributed by atoms with E-state index >= 15 is 0 Å². The summed E-state index contributed by atoms with van der Waals surface area (Å²) in [6.07, 6.45) is 1.04. The first-order valence-corrected chi connectivity index (χ1v) is 12.0. The van der Waals surface area contributed by atoms with Crippen LogP contribution in [0.1, 0.15) is 26.7 Å². The minimum absolute atomic E-state index is 0.0106. The highest BCUT2D eigenvalue weighted by Crippen LogP contribution is 2.24. The number of amides is 2. The lowest BCUT2D eigenvalue weighted by atomic mass is 9.96. The lowest BCUT2D eigenvalue weighted by molar-refractivity contribution is -0.130. The van der Waals surface area contributed by atoms with Gasteiger partial charge in [-0.2, -0.15) is 4.31 Å². The van der Waals surface area contributed by atoms with Gasteiger partial charge in [-0.05, 0) is 55.2 Å². The van der Waals surface area contributed by atoms with E-state index in [1.165, 1.54) is 16.4 Å². The van der Waals surface area contributed by atoms with Gasteiger partial charge in [-0.15, -0.1) is 0 Å². The standard InChI is InChI=1S/C23H28FN3O4S/c1-16(2)21(23(29)25-19-8-4-3-5-9-19)26-22(28)17-7-6-14-27(15-17)32(30,31)20-12-10-18(24)11-13-20/h3-5,8-13,16-17,21H,6-7,14-15H2,1-2H3,(H,25,29)(H,26,28)/t17-,21+/m1/s1. The highest BCUT2D eigenvalue weighted by atomic mass is 32.2. The van der Waals surface area contributed by atoms with Crippen LogP contribution in [0, 0.1) is 17.7 Å². The molecule has 0 radical (unpaired) electrons. The van der Waals surface area contributed by atoms with Gasteiger partial charge in [-0.25, -0.2) is 12.8 Å². The van der Waals surface area contributed by atoms with Crippen molar-refractivity contribution in [2.24, 2.45) is 11.8 Å². The van der Waals surface area contributed by atoms with Gasteiger partial charge in [0.15, 0.2) is 0 Å². The van der Waals surface area contributed by atoms with E-state index in [1.54, 1.807) is 24.3 Å². The van der Waals surface area contributed by atoms with Crippen molar-refractivity contribution in [2.75, 3.05) is 18.4 Å². The van der Waals surface area contributed by atoms with E-state index in [1.807, 2.05) is 19.9 Å². The second-order valence-corrected chi connectivity index (χ2v) is 10.2. The van der Waals surface area contributed by atoms with Gasteiger partial charge in [-0.3, -0.25) is 9.59 Å². The van der Waals surface area contributed by atoms with E-state index in [0.717, 1.165) is 12.1 Å². The molecule has 7 nitrogen and oxygen atoms in total. The minimum Gasteiger partial charge on any atom is -0.344 e. The summed E-state index contributed by atoms with van der Waals surface area (Å²) in [5, 5.41) is 5.60. The van der Waals surface area contributed by atoms with Gasteiger partial charge < -0.3 is 10.6 Å². The van der Waals surface area contributed by atoms with Crippen LogP contribution in [-0.4, -0.2) is 43.7 Å². The van der Waals surface area contributed by atoms with Crippen molar-refractivity contribution in [2.45, 2.75) is 37.6 Å². The maximum atomic E-state index is 13.2. The molecule has 2 amide bonds. The van der Waals surface area contributed by atoms with Crippen LogP contribution < -0.4 is 10.6 Å². The summed E-state index contributed by atoms with van der Waals surface area (Å²) < 4.78 is 40.3. The quantitative estimate of drug-likeness (QED) is 0.663. The third-order valence-corrected chi connectivity index (χ3v) is 7.37. The molecule has 0 aliphatic carbocycles. The Morgan fingerprint density at radius 2 is 1.72 bits per heavy atom. The number of rotatable bonds is 7. The first-order valence-electron chi connectivity index (χ1n) is 10.6.